The van der Waals surface area contributed by atoms with Gasteiger partial charge >= 0.3 is 11.7 Å². The fourth-order valence-corrected chi connectivity index (χ4v) is 2.41. The summed E-state index contributed by atoms with van der Waals surface area (Å²) in [4.78, 5) is 26.6. The van der Waals surface area contributed by atoms with Gasteiger partial charge in [-0.2, -0.15) is 4.98 Å². The molecule has 1 aliphatic rings. The van der Waals surface area contributed by atoms with Gasteiger partial charge in [-0.1, -0.05) is 12.8 Å². The van der Waals surface area contributed by atoms with Crippen LogP contribution in [-0.2, 0) is 17.8 Å². The van der Waals surface area contributed by atoms with Crippen molar-refractivity contribution >= 4 is 5.97 Å². The van der Waals surface area contributed by atoms with E-state index in [9.17, 15) is 9.59 Å². The van der Waals surface area contributed by atoms with Crippen molar-refractivity contribution < 1.29 is 9.90 Å². The van der Waals surface area contributed by atoms with Crippen LogP contribution >= 0.6 is 0 Å². The van der Waals surface area contributed by atoms with Crippen LogP contribution in [-0.4, -0.2) is 20.6 Å². The van der Waals surface area contributed by atoms with Gasteiger partial charge < -0.3 is 5.11 Å². The average Bonchev–Trinajstić information content (AvgIpc) is 3.11. The zero-order chi connectivity index (χ0) is 14.0. The molecule has 0 radical (unpaired) electrons. The van der Waals surface area contributed by atoms with Gasteiger partial charge in [-0.25, -0.2) is 4.79 Å². The Morgan fingerprint density at radius 2 is 2.11 bits per heavy atom. The van der Waals surface area contributed by atoms with Gasteiger partial charge in [-0.15, -0.1) is 0 Å². The Bertz CT molecular complexity index is 544. The number of carboxylic acid groups (broad SMARTS) is 1. The standard InChI is InChI=1S/C14H20N2O3/c1-9-12(5-6-13(17)18)10(2)16(14(19)15-9)8-7-11-3-4-11/h11H,3-8H2,1-2H3,(H,17,18). The highest BCUT2D eigenvalue weighted by molar-refractivity contribution is 5.67. The second-order valence-electron chi connectivity index (χ2n) is 5.32. The summed E-state index contributed by atoms with van der Waals surface area (Å²) in [5.74, 6) is -0.0652. The van der Waals surface area contributed by atoms with Crippen LogP contribution in [0, 0.1) is 19.8 Å². The van der Waals surface area contributed by atoms with Crippen molar-refractivity contribution in [3.8, 4) is 0 Å². The number of hydrogen-bond acceptors (Lipinski definition) is 3. The molecule has 1 aromatic heterocycles. The lowest BCUT2D eigenvalue weighted by Crippen LogP contribution is -2.28. The number of hydrogen-bond donors (Lipinski definition) is 1. The van der Waals surface area contributed by atoms with Crippen molar-refractivity contribution in [2.75, 3.05) is 0 Å². The van der Waals surface area contributed by atoms with E-state index in [4.69, 9.17) is 5.11 Å². The van der Waals surface area contributed by atoms with Crippen LogP contribution in [0.15, 0.2) is 4.79 Å². The zero-order valence-corrected chi connectivity index (χ0v) is 11.5. The van der Waals surface area contributed by atoms with E-state index in [2.05, 4.69) is 4.98 Å². The minimum atomic E-state index is -0.825. The van der Waals surface area contributed by atoms with E-state index in [1.165, 1.54) is 12.8 Å². The van der Waals surface area contributed by atoms with Gasteiger partial charge in [0.05, 0.1) is 0 Å². The van der Waals surface area contributed by atoms with Crippen molar-refractivity contribution in [3.63, 3.8) is 0 Å². The van der Waals surface area contributed by atoms with E-state index in [0.29, 0.717) is 18.7 Å². The molecule has 1 fully saturated rings. The quantitative estimate of drug-likeness (QED) is 0.848. The van der Waals surface area contributed by atoms with Gasteiger partial charge in [0.15, 0.2) is 0 Å². The Kier molecular flexibility index (Phi) is 4.02. The third-order valence-corrected chi connectivity index (χ3v) is 3.82. The second kappa shape index (κ2) is 5.55. The minimum Gasteiger partial charge on any atom is -0.481 e. The highest BCUT2D eigenvalue weighted by Crippen LogP contribution is 2.32. The van der Waals surface area contributed by atoms with E-state index in [1.54, 1.807) is 11.5 Å². The predicted molar refractivity (Wildman–Crippen MR) is 71.3 cm³/mol. The third kappa shape index (κ3) is 3.43. The maximum absolute atomic E-state index is 11.9. The molecule has 1 heterocycles. The molecule has 0 bridgehead atoms. The smallest absolute Gasteiger partial charge is 0.347 e. The van der Waals surface area contributed by atoms with E-state index >= 15 is 0 Å². The molecule has 0 spiro atoms. The van der Waals surface area contributed by atoms with Gasteiger partial charge in [0.25, 0.3) is 0 Å². The largest absolute Gasteiger partial charge is 0.481 e. The molecule has 5 nitrogen and oxygen atoms in total. The summed E-state index contributed by atoms with van der Waals surface area (Å²) in [7, 11) is 0. The number of nitrogens with zero attached hydrogens (tertiary/aromatic N) is 2. The molecule has 1 saturated carbocycles. The molecule has 0 aliphatic heterocycles. The fourth-order valence-electron chi connectivity index (χ4n) is 2.41. The number of aryl methyl sites for hydroxylation is 1. The number of rotatable bonds is 6. The fraction of sp³-hybridized carbons (Fsp3) is 0.643. The molecule has 1 aliphatic carbocycles. The number of aromatic nitrogens is 2. The predicted octanol–water partition coefficient (Wildman–Crippen LogP) is 1.68. The Balaban J connectivity index is 2.23. The van der Waals surface area contributed by atoms with Gasteiger partial charge in [-0.05, 0) is 38.2 Å². The van der Waals surface area contributed by atoms with E-state index in [1.807, 2.05) is 6.92 Å². The molecule has 0 atom stereocenters. The first-order valence-electron chi connectivity index (χ1n) is 6.77. The lowest BCUT2D eigenvalue weighted by atomic mass is 10.1. The van der Waals surface area contributed by atoms with E-state index in [-0.39, 0.29) is 12.1 Å². The van der Waals surface area contributed by atoms with Gasteiger partial charge in [0, 0.05) is 24.4 Å². The van der Waals surface area contributed by atoms with Gasteiger partial charge in [0.1, 0.15) is 0 Å². The van der Waals surface area contributed by atoms with Crippen LogP contribution in [0.25, 0.3) is 0 Å². The molecule has 0 unspecified atom stereocenters. The summed E-state index contributed by atoms with van der Waals surface area (Å²) in [5, 5.41) is 8.78. The molecular formula is C14H20N2O3. The molecule has 5 heteroatoms. The van der Waals surface area contributed by atoms with Crippen LogP contribution in [0.4, 0.5) is 0 Å². The maximum atomic E-state index is 11.9. The Hall–Kier alpha value is -1.65. The molecule has 1 aromatic rings. The monoisotopic (exact) mass is 264 g/mol. The first-order chi connectivity index (χ1) is 8.99. The molecule has 2 rings (SSSR count). The van der Waals surface area contributed by atoms with Gasteiger partial charge in [-0.3, -0.25) is 9.36 Å². The topological polar surface area (TPSA) is 72.2 Å². The minimum absolute atomic E-state index is 0.0736. The maximum Gasteiger partial charge on any atom is 0.347 e. The SMILES string of the molecule is Cc1nc(=O)n(CCC2CC2)c(C)c1CCC(=O)O. The number of carbonyl (C=O) groups is 1. The van der Waals surface area contributed by atoms with Crippen LogP contribution in [0.3, 0.4) is 0 Å². The van der Waals surface area contributed by atoms with Crippen molar-refractivity contribution in [3.05, 3.63) is 27.4 Å². The first kappa shape index (κ1) is 13.8. The summed E-state index contributed by atoms with van der Waals surface area (Å²) in [5.41, 5.74) is 2.22. The average molecular weight is 264 g/mol. The molecule has 104 valence electrons. The van der Waals surface area contributed by atoms with Crippen LogP contribution < -0.4 is 5.69 Å². The van der Waals surface area contributed by atoms with E-state index < -0.39 is 5.97 Å². The van der Waals surface area contributed by atoms with Crippen molar-refractivity contribution in [2.24, 2.45) is 5.92 Å². The Morgan fingerprint density at radius 1 is 1.42 bits per heavy atom. The number of carboxylic acids is 1. The van der Waals surface area contributed by atoms with E-state index in [0.717, 1.165) is 23.6 Å². The zero-order valence-electron chi connectivity index (χ0n) is 11.5. The second-order valence-corrected chi connectivity index (χ2v) is 5.32. The first-order valence-corrected chi connectivity index (χ1v) is 6.77. The lowest BCUT2D eigenvalue weighted by molar-refractivity contribution is -0.136. The lowest BCUT2D eigenvalue weighted by Gasteiger charge is -2.14. The normalized spacial score (nSPS) is 14.6. The molecule has 0 amide bonds. The highest BCUT2D eigenvalue weighted by atomic mass is 16.4. The summed E-state index contributed by atoms with van der Waals surface area (Å²) >= 11 is 0. The number of aliphatic carboxylic acids is 1. The molecule has 0 aromatic carbocycles. The molecule has 0 saturated heterocycles. The highest BCUT2D eigenvalue weighted by Gasteiger charge is 2.21. The van der Waals surface area contributed by atoms with Crippen LogP contribution in [0.2, 0.25) is 0 Å². The van der Waals surface area contributed by atoms with Crippen LogP contribution in [0.5, 0.6) is 0 Å². The summed E-state index contributed by atoms with van der Waals surface area (Å²) < 4.78 is 1.70. The van der Waals surface area contributed by atoms with Gasteiger partial charge in [0.2, 0.25) is 0 Å². The third-order valence-electron chi connectivity index (χ3n) is 3.82. The van der Waals surface area contributed by atoms with Crippen molar-refractivity contribution in [1.29, 1.82) is 0 Å². The summed E-state index contributed by atoms with van der Waals surface area (Å²) in [6.07, 6.45) is 4.05. The Morgan fingerprint density at radius 3 is 2.68 bits per heavy atom. The van der Waals surface area contributed by atoms with Crippen molar-refractivity contribution in [2.45, 2.75) is 52.5 Å². The Labute approximate surface area is 112 Å². The molecule has 1 N–H and O–H groups in total. The molecular weight excluding hydrogens is 244 g/mol. The van der Waals surface area contributed by atoms with Crippen molar-refractivity contribution in [1.82, 2.24) is 9.55 Å². The molecule has 19 heavy (non-hydrogen) atoms. The summed E-state index contributed by atoms with van der Waals surface area (Å²) in [6.45, 7) is 4.36. The van der Waals surface area contributed by atoms with Crippen LogP contribution in [0.1, 0.15) is 42.6 Å². The summed E-state index contributed by atoms with van der Waals surface area (Å²) in [6, 6.07) is 0.